The van der Waals surface area contributed by atoms with E-state index in [2.05, 4.69) is 5.32 Å². The smallest absolute Gasteiger partial charge is 0.269 e. The summed E-state index contributed by atoms with van der Waals surface area (Å²) in [6.45, 7) is 3.09. The molecule has 0 bridgehead atoms. The molecule has 0 radical (unpaired) electrons. The van der Waals surface area contributed by atoms with Crippen molar-refractivity contribution < 1.29 is 9.66 Å². The highest BCUT2D eigenvalue weighted by atomic mass is 35.5. The van der Waals surface area contributed by atoms with Crippen molar-refractivity contribution in [2.75, 3.05) is 19.8 Å². The van der Waals surface area contributed by atoms with Crippen molar-refractivity contribution in [3.8, 4) is 0 Å². The maximum Gasteiger partial charge on any atom is 0.269 e. The average Bonchev–Trinajstić information content (AvgIpc) is 2.42. The molecule has 1 aliphatic heterocycles. The van der Waals surface area contributed by atoms with Gasteiger partial charge < -0.3 is 10.1 Å². The van der Waals surface area contributed by atoms with Crippen molar-refractivity contribution in [2.24, 2.45) is 5.92 Å². The van der Waals surface area contributed by atoms with Crippen LogP contribution in [0.3, 0.4) is 0 Å². The molecule has 0 atom stereocenters. The molecule has 19 heavy (non-hydrogen) atoms. The van der Waals surface area contributed by atoms with E-state index < -0.39 is 4.92 Å². The minimum absolute atomic E-state index is 0.0762. The van der Waals surface area contributed by atoms with E-state index in [9.17, 15) is 10.1 Å². The van der Waals surface area contributed by atoms with Crippen LogP contribution in [0.5, 0.6) is 0 Å². The molecule has 1 fully saturated rings. The second-order valence-corrected chi connectivity index (χ2v) is 5.13. The molecule has 1 aromatic carbocycles. The molecule has 1 N–H and O–H groups in total. The van der Waals surface area contributed by atoms with E-state index in [1.165, 1.54) is 12.1 Å². The summed E-state index contributed by atoms with van der Waals surface area (Å²) in [4.78, 5) is 10.3. The fourth-order valence-corrected chi connectivity index (χ4v) is 2.36. The number of halogens is 1. The molecule has 1 heterocycles. The van der Waals surface area contributed by atoms with Gasteiger partial charge in [0.2, 0.25) is 0 Å². The van der Waals surface area contributed by atoms with Gasteiger partial charge in [-0.05, 0) is 36.9 Å². The number of nitro groups is 1. The van der Waals surface area contributed by atoms with Crippen LogP contribution in [-0.4, -0.2) is 24.7 Å². The van der Waals surface area contributed by atoms with Crippen LogP contribution < -0.4 is 5.32 Å². The number of non-ortho nitro benzene ring substituents is 1. The highest BCUT2D eigenvalue weighted by Crippen LogP contribution is 2.22. The van der Waals surface area contributed by atoms with E-state index in [0.717, 1.165) is 38.2 Å². The molecule has 2 rings (SSSR count). The third-order valence-electron chi connectivity index (χ3n) is 3.33. The SMILES string of the molecule is O=[N+]([O-])c1ccc(Cl)c(CNCC2CCOCC2)c1. The molecule has 0 aromatic heterocycles. The lowest BCUT2D eigenvalue weighted by atomic mass is 10.0. The normalized spacial score (nSPS) is 16.5. The first-order valence-electron chi connectivity index (χ1n) is 6.38. The molecule has 1 aliphatic rings. The molecule has 0 saturated carbocycles. The summed E-state index contributed by atoms with van der Waals surface area (Å²) in [7, 11) is 0. The van der Waals surface area contributed by atoms with Gasteiger partial charge in [0, 0.05) is 36.9 Å². The van der Waals surface area contributed by atoms with Crippen LogP contribution in [0.2, 0.25) is 5.02 Å². The Kier molecular flexibility index (Phi) is 5.13. The van der Waals surface area contributed by atoms with Crippen LogP contribution >= 0.6 is 11.6 Å². The fraction of sp³-hybridized carbons (Fsp3) is 0.538. The zero-order valence-corrected chi connectivity index (χ0v) is 11.4. The van der Waals surface area contributed by atoms with Gasteiger partial charge in [0.05, 0.1) is 4.92 Å². The van der Waals surface area contributed by atoms with Gasteiger partial charge in [0.1, 0.15) is 0 Å². The van der Waals surface area contributed by atoms with Crippen LogP contribution in [0, 0.1) is 16.0 Å². The quantitative estimate of drug-likeness (QED) is 0.667. The molecule has 5 nitrogen and oxygen atoms in total. The molecule has 0 unspecified atom stereocenters. The van der Waals surface area contributed by atoms with Crippen molar-refractivity contribution in [3.05, 3.63) is 38.9 Å². The van der Waals surface area contributed by atoms with Crippen LogP contribution in [-0.2, 0) is 11.3 Å². The lowest BCUT2D eigenvalue weighted by molar-refractivity contribution is -0.384. The Hall–Kier alpha value is -1.17. The first-order chi connectivity index (χ1) is 9.16. The fourth-order valence-electron chi connectivity index (χ4n) is 2.17. The van der Waals surface area contributed by atoms with Gasteiger partial charge in [-0.1, -0.05) is 11.6 Å². The summed E-state index contributed by atoms with van der Waals surface area (Å²) >= 11 is 6.04. The summed E-state index contributed by atoms with van der Waals surface area (Å²) in [6, 6.07) is 4.52. The molecular weight excluding hydrogens is 268 g/mol. The molecule has 0 spiro atoms. The predicted molar refractivity (Wildman–Crippen MR) is 73.4 cm³/mol. The summed E-state index contributed by atoms with van der Waals surface area (Å²) in [5.41, 5.74) is 0.843. The maximum absolute atomic E-state index is 10.7. The van der Waals surface area contributed by atoms with Crippen LogP contribution in [0.25, 0.3) is 0 Å². The van der Waals surface area contributed by atoms with E-state index in [-0.39, 0.29) is 5.69 Å². The van der Waals surface area contributed by atoms with Crippen LogP contribution in [0.4, 0.5) is 5.69 Å². The number of nitrogens with one attached hydrogen (secondary N) is 1. The summed E-state index contributed by atoms with van der Waals surface area (Å²) in [5.74, 6) is 0.617. The Balaban J connectivity index is 1.87. The number of ether oxygens (including phenoxy) is 1. The zero-order chi connectivity index (χ0) is 13.7. The van der Waals surface area contributed by atoms with Crippen molar-refractivity contribution in [1.82, 2.24) is 5.32 Å². The highest BCUT2D eigenvalue weighted by Gasteiger charge is 2.14. The molecule has 104 valence electrons. The molecule has 0 aliphatic carbocycles. The van der Waals surface area contributed by atoms with Gasteiger partial charge >= 0.3 is 0 Å². The average molecular weight is 285 g/mol. The second-order valence-electron chi connectivity index (χ2n) is 4.72. The Labute approximate surface area is 117 Å². The van der Waals surface area contributed by atoms with Gasteiger partial charge in [-0.3, -0.25) is 10.1 Å². The number of nitro benzene ring substituents is 1. The minimum atomic E-state index is -0.404. The number of nitrogens with zero attached hydrogens (tertiary/aromatic N) is 1. The molecular formula is C13H17ClN2O3. The van der Waals surface area contributed by atoms with Crippen molar-refractivity contribution in [3.63, 3.8) is 0 Å². The first-order valence-corrected chi connectivity index (χ1v) is 6.76. The monoisotopic (exact) mass is 284 g/mol. The summed E-state index contributed by atoms with van der Waals surface area (Å²) < 4.78 is 5.30. The molecule has 6 heteroatoms. The van der Waals surface area contributed by atoms with Gasteiger partial charge in [-0.15, -0.1) is 0 Å². The molecule has 1 saturated heterocycles. The zero-order valence-electron chi connectivity index (χ0n) is 10.6. The topological polar surface area (TPSA) is 64.4 Å². The Bertz CT molecular complexity index is 448. The number of rotatable bonds is 5. The summed E-state index contributed by atoms with van der Waals surface area (Å²) in [5, 5.41) is 14.6. The minimum Gasteiger partial charge on any atom is -0.381 e. The Morgan fingerprint density at radius 1 is 1.42 bits per heavy atom. The summed E-state index contributed by atoms with van der Waals surface area (Å²) in [6.07, 6.45) is 2.13. The van der Waals surface area contributed by atoms with Gasteiger partial charge in [0.25, 0.3) is 5.69 Å². The number of hydrogen-bond donors (Lipinski definition) is 1. The molecule has 1 aromatic rings. The largest absolute Gasteiger partial charge is 0.381 e. The lowest BCUT2D eigenvalue weighted by Gasteiger charge is -2.22. The van der Waals surface area contributed by atoms with Crippen molar-refractivity contribution in [1.29, 1.82) is 0 Å². The van der Waals surface area contributed by atoms with Crippen LogP contribution in [0.1, 0.15) is 18.4 Å². The third-order valence-corrected chi connectivity index (χ3v) is 3.70. The van der Waals surface area contributed by atoms with Crippen molar-refractivity contribution >= 4 is 17.3 Å². The van der Waals surface area contributed by atoms with Crippen LogP contribution in [0.15, 0.2) is 18.2 Å². The standard InChI is InChI=1S/C13H17ClN2O3/c14-13-2-1-12(16(17)18)7-11(13)9-15-8-10-3-5-19-6-4-10/h1-2,7,10,15H,3-6,8-9H2. The van der Waals surface area contributed by atoms with Gasteiger partial charge in [-0.25, -0.2) is 0 Å². The van der Waals surface area contributed by atoms with Gasteiger partial charge in [0.15, 0.2) is 0 Å². The Morgan fingerprint density at radius 2 is 2.16 bits per heavy atom. The Morgan fingerprint density at radius 3 is 2.84 bits per heavy atom. The third kappa shape index (κ3) is 4.16. The highest BCUT2D eigenvalue weighted by molar-refractivity contribution is 6.31. The van der Waals surface area contributed by atoms with Gasteiger partial charge in [-0.2, -0.15) is 0 Å². The lowest BCUT2D eigenvalue weighted by Crippen LogP contribution is -2.27. The van der Waals surface area contributed by atoms with E-state index in [4.69, 9.17) is 16.3 Å². The first kappa shape index (κ1) is 14.2. The van der Waals surface area contributed by atoms with E-state index in [0.29, 0.717) is 17.5 Å². The maximum atomic E-state index is 10.7. The molecule has 0 amide bonds. The van der Waals surface area contributed by atoms with E-state index >= 15 is 0 Å². The predicted octanol–water partition coefficient (Wildman–Crippen LogP) is 2.76. The van der Waals surface area contributed by atoms with E-state index in [1.807, 2.05) is 0 Å². The number of benzene rings is 1. The number of hydrogen-bond acceptors (Lipinski definition) is 4. The second kappa shape index (κ2) is 6.84. The van der Waals surface area contributed by atoms with E-state index in [1.54, 1.807) is 6.07 Å². The van der Waals surface area contributed by atoms with Crippen molar-refractivity contribution in [2.45, 2.75) is 19.4 Å².